The number of carbonyl (C=O) groups is 1. The van der Waals surface area contributed by atoms with E-state index in [2.05, 4.69) is 15.9 Å². The fraction of sp³-hybridized carbons (Fsp3) is 0.0714. The van der Waals surface area contributed by atoms with Crippen LogP contribution >= 0.6 is 38.6 Å². The van der Waals surface area contributed by atoms with E-state index in [1.165, 1.54) is 23.5 Å². The number of carbonyl (C=O) groups excluding carboxylic acids is 1. The Morgan fingerprint density at radius 3 is 2.74 bits per heavy atom. The Kier molecular flexibility index (Phi) is 3.52. The summed E-state index contributed by atoms with van der Waals surface area (Å²) in [5, 5.41) is 0.919. The molecule has 0 fully saturated rings. The highest BCUT2D eigenvalue weighted by Crippen LogP contribution is 2.29. The van der Waals surface area contributed by atoms with Gasteiger partial charge in [-0.25, -0.2) is 4.39 Å². The number of hydrogen-bond acceptors (Lipinski definition) is 3. The summed E-state index contributed by atoms with van der Waals surface area (Å²) in [4.78, 5) is 13.9. The van der Waals surface area contributed by atoms with Gasteiger partial charge in [-0.1, -0.05) is 6.07 Å². The highest BCUT2D eigenvalue weighted by molar-refractivity contribution is 9.11. The quantitative estimate of drug-likeness (QED) is 0.584. The molecule has 2 heterocycles. The number of Topliss-reactive ketones (excluding diaryl/α,β-unsaturated/α-hetero) is 1. The van der Waals surface area contributed by atoms with Gasteiger partial charge in [0.25, 0.3) is 0 Å². The molecule has 1 nitrogen and oxygen atoms in total. The molecule has 5 heteroatoms. The number of thiophene rings is 2. The average molecular weight is 355 g/mol. The Hall–Kier alpha value is -1.04. The molecule has 0 amide bonds. The predicted octanol–water partition coefficient (Wildman–Crippen LogP) is 5.29. The van der Waals surface area contributed by atoms with Crippen LogP contribution in [0.5, 0.6) is 0 Å². The van der Waals surface area contributed by atoms with Crippen LogP contribution in [-0.2, 0) is 6.42 Å². The van der Waals surface area contributed by atoms with Gasteiger partial charge in [0, 0.05) is 16.0 Å². The van der Waals surface area contributed by atoms with E-state index in [0.717, 1.165) is 18.7 Å². The van der Waals surface area contributed by atoms with Crippen molar-refractivity contribution in [2.75, 3.05) is 0 Å². The van der Waals surface area contributed by atoms with E-state index in [4.69, 9.17) is 0 Å². The number of fused-ring (bicyclic) bond motifs is 1. The van der Waals surface area contributed by atoms with E-state index in [-0.39, 0.29) is 11.6 Å². The van der Waals surface area contributed by atoms with Gasteiger partial charge in [-0.15, -0.1) is 22.7 Å². The van der Waals surface area contributed by atoms with Crippen LogP contribution in [0.3, 0.4) is 0 Å². The lowest BCUT2D eigenvalue weighted by atomic mass is 10.2. The maximum absolute atomic E-state index is 13.1. The van der Waals surface area contributed by atoms with E-state index in [1.54, 1.807) is 17.4 Å². The van der Waals surface area contributed by atoms with Crippen LogP contribution in [-0.4, -0.2) is 5.78 Å². The Labute approximate surface area is 125 Å². The molecule has 0 atom stereocenters. The maximum atomic E-state index is 13.1. The third-order valence-electron chi connectivity index (χ3n) is 2.72. The van der Waals surface area contributed by atoms with Crippen LogP contribution in [0.25, 0.3) is 10.1 Å². The molecule has 0 unspecified atom stereocenters. The number of rotatable bonds is 3. The third-order valence-corrected chi connectivity index (χ3v) is 5.48. The molecule has 3 rings (SSSR count). The summed E-state index contributed by atoms with van der Waals surface area (Å²) in [6.07, 6.45) is 0.394. The Morgan fingerprint density at radius 2 is 2.00 bits per heavy atom. The second-order valence-electron chi connectivity index (χ2n) is 4.10. The number of halogens is 2. The predicted molar refractivity (Wildman–Crippen MR) is 81.8 cm³/mol. The van der Waals surface area contributed by atoms with Gasteiger partial charge in [0.2, 0.25) is 0 Å². The maximum Gasteiger partial charge on any atom is 0.178 e. The lowest BCUT2D eigenvalue weighted by Crippen LogP contribution is -1.98. The van der Waals surface area contributed by atoms with Crippen LogP contribution in [0.15, 0.2) is 40.2 Å². The molecule has 0 aliphatic rings. The van der Waals surface area contributed by atoms with Crippen molar-refractivity contribution in [2.45, 2.75) is 6.42 Å². The van der Waals surface area contributed by atoms with Gasteiger partial charge in [0.15, 0.2) is 5.78 Å². The molecule has 0 saturated carbocycles. The normalized spacial score (nSPS) is 11.1. The monoisotopic (exact) mass is 354 g/mol. The Balaban J connectivity index is 1.89. The number of hydrogen-bond donors (Lipinski definition) is 0. The van der Waals surface area contributed by atoms with Crippen molar-refractivity contribution in [1.82, 2.24) is 0 Å². The molecule has 0 saturated heterocycles. The van der Waals surface area contributed by atoms with Gasteiger partial charge in [0.1, 0.15) is 5.82 Å². The first-order valence-electron chi connectivity index (χ1n) is 5.58. The molecule has 0 radical (unpaired) electrons. The molecule has 0 aliphatic heterocycles. The van der Waals surface area contributed by atoms with Crippen molar-refractivity contribution in [3.05, 3.63) is 55.8 Å². The van der Waals surface area contributed by atoms with Gasteiger partial charge in [0.05, 0.1) is 8.66 Å². The fourth-order valence-corrected chi connectivity index (χ4v) is 4.34. The molecule has 0 spiro atoms. The van der Waals surface area contributed by atoms with Gasteiger partial charge in [-0.2, -0.15) is 0 Å². The molecule has 0 aliphatic carbocycles. The highest BCUT2D eigenvalue weighted by Gasteiger charge is 2.12. The molecule has 1 aromatic carbocycles. The molecule has 0 N–H and O–H groups in total. The zero-order valence-electron chi connectivity index (χ0n) is 9.65. The topological polar surface area (TPSA) is 17.1 Å². The van der Waals surface area contributed by atoms with Crippen molar-refractivity contribution in [2.24, 2.45) is 0 Å². The Morgan fingerprint density at radius 1 is 1.16 bits per heavy atom. The zero-order valence-corrected chi connectivity index (χ0v) is 12.9. The van der Waals surface area contributed by atoms with Crippen LogP contribution in [0, 0.1) is 5.82 Å². The van der Waals surface area contributed by atoms with E-state index in [9.17, 15) is 9.18 Å². The summed E-state index contributed by atoms with van der Waals surface area (Å²) in [6, 6.07) is 10.3. The second-order valence-corrected chi connectivity index (χ2v) is 7.73. The van der Waals surface area contributed by atoms with Crippen molar-refractivity contribution in [3.63, 3.8) is 0 Å². The fourth-order valence-electron chi connectivity index (χ4n) is 1.83. The average Bonchev–Trinajstić information content (AvgIpc) is 2.95. The van der Waals surface area contributed by atoms with Crippen LogP contribution in [0.1, 0.15) is 14.5 Å². The summed E-state index contributed by atoms with van der Waals surface area (Å²) in [6.45, 7) is 0. The van der Waals surface area contributed by atoms with E-state index < -0.39 is 0 Å². The van der Waals surface area contributed by atoms with Crippen molar-refractivity contribution in [1.29, 1.82) is 0 Å². The first-order chi connectivity index (χ1) is 9.11. The molecule has 0 bridgehead atoms. The minimum atomic E-state index is -0.268. The van der Waals surface area contributed by atoms with Crippen LogP contribution < -0.4 is 0 Å². The molecule has 19 heavy (non-hydrogen) atoms. The van der Waals surface area contributed by atoms with Gasteiger partial charge in [-0.05, 0) is 51.6 Å². The van der Waals surface area contributed by atoms with E-state index in [1.807, 2.05) is 18.2 Å². The van der Waals surface area contributed by atoms with Gasteiger partial charge in [-0.3, -0.25) is 4.79 Å². The molecule has 96 valence electrons. The minimum Gasteiger partial charge on any atom is -0.293 e. The standard InChI is InChI=1S/C14H8BrFOS2/c15-14-4-3-10(18-14)7-11(17)13-5-8-1-2-9(16)6-12(8)19-13/h1-6H,7H2. The van der Waals surface area contributed by atoms with Crippen LogP contribution in [0.2, 0.25) is 0 Å². The summed E-state index contributed by atoms with van der Waals surface area (Å²) in [5.41, 5.74) is 0. The minimum absolute atomic E-state index is 0.0796. The first kappa shape index (κ1) is 13.0. The van der Waals surface area contributed by atoms with Crippen molar-refractivity contribution >= 4 is 54.5 Å². The third kappa shape index (κ3) is 2.78. The summed E-state index contributed by atoms with van der Waals surface area (Å²) in [7, 11) is 0. The summed E-state index contributed by atoms with van der Waals surface area (Å²) in [5.74, 6) is -0.188. The van der Waals surface area contributed by atoms with E-state index in [0.29, 0.717) is 11.3 Å². The van der Waals surface area contributed by atoms with Crippen molar-refractivity contribution < 1.29 is 9.18 Å². The lowest BCUT2D eigenvalue weighted by molar-refractivity contribution is 0.0997. The SMILES string of the molecule is O=C(Cc1ccc(Br)s1)c1cc2ccc(F)cc2s1. The lowest BCUT2D eigenvalue weighted by Gasteiger charge is -1.93. The Bertz CT molecular complexity index is 760. The number of ketones is 1. The van der Waals surface area contributed by atoms with Crippen molar-refractivity contribution in [3.8, 4) is 0 Å². The first-order valence-corrected chi connectivity index (χ1v) is 8.01. The smallest absolute Gasteiger partial charge is 0.178 e. The second kappa shape index (κ2) is 5.15. The molecule has 3 aromatic rings. The van der Waals surface area contributed by atoms with Gasteiger partial charge < -0.3 is 0 Å². The number of benzene rings is 1. The summed E-state index contributed by atoms with van der Waals surface area (Å²) >= 11 is 6.29. The summed E-state index contributed by atoms with van der Waals surface area (Å²) < 4.78 is 15.0. The van der Waals surface area contributed by atoms with Crippen LogP contribution in [0.4, 0.5) is 4.39 Å². The van der Waals surface area contributed by atoms with E-state index >= 15 is 0 Å². The largest absolute Gasteiger partial charge is 0.293 e. The molecular weight excluding hydrogens is 347 g/mol. The van der Waals surface area contributed by atoms with Gasteiger partial charge >= 0.3 is 0 Å². The molecular formula is C14H8BrFOS2. The molecule has 2 aromatic heterocycles. The highest BCUT2D eigenvalue weighted by atomic mass is 79.9. The zero-order chi connectivity index (χ0) is 13.4.